The first-order valence-corrected chi connectivity index (χ1v) is 6.45. The average Bonchev–Trinajstić information content (AvgIpc) is 2.78. The molecule has 1 aliphatic rings. The zero-order chi connectivity index (χ0) is 12.8. The third-order valence-electron chi connectivity index (χ3n) is 2.35. The van der Waals surface area contributed by atoms with Crippen molar-refractivity contribution in [2.45, 2.75) is 6.42 Å². The molecule has 4 nitrogen and oxygen atoms in total. The van der Waals surface area contributed by atoms with Gasteiger partial charge in [0.15, 0.2) is 5.17 Å². The molecule has 0 bridgehead atoms. The molecule has 0 unspecified atom stereocenters. The van der Waals surface area contributed by atoms with Gasteiger partial charge in [0.25, 0.3) is 0 Å². The van der Waals surface area contributed by atoms with Gasteiger partial charge in [-0.15, -0.1) is 5.10 Å². The highest BCUT2D eigenvalue weighted by Crippen LogP contribution is 2.10. The van der Waals surface area contributed by atoms with Gasteiger partial charge < -0.3 is 5.32 Å². The van der Waals surface area contributed by atoms with Crippen molar-refractivity contribution in [2.75, 3.05) is 12.4 Å². The van der Waals surface area contributed by atoms with Crippen LogP contribution in [0.4, 0.5) is 4.39 Å². The SMILES string of the molecule is O=C1CSC(=NN=Cc2ccccc2CCF)N1. The van der Waals surface area contributed by atoms with Crippen LogP contribution in [0.2, 0.25) is 0 Å². The van der Waals surface area contributed by atoms with E-state index in [1.54, 1.807) is 6.21 Å². The summed E-state index contributed by atoms with van der Waals surface area (Å²) in [4.78, 5) is 10.9. The monoisotopic (exact) mass is 265 g/mol. The zero-order valence-corrected chi connectivity index (χ0v) is 10.4. The second-order valence-corrected chi connectivity index (χ2v) is 4.59. The first kappa shape index (κ1) is 12.8. The Morgan fingerprint density at radius 3 is 3.00 bits per heavy atom. The summed E-state index contributed by atoms with van der Waals surface area (Å²) in [6.07, 6.45) is 1.94. The molecule has 1 aromatic carbocycles. The summed E-state index contributed by atoms with van der Waals surface area (Å²) in [5.74, 6) is 0.319. The Hall–Kier alpha value is -1.69. The molecule has 1 fully saturated rings. The van der Waals surface area contributed by atoms with E-state index in [2.05, 4.69) is 15.5 Å². The van der Waals surface area contributed by atoms with Crippen molar-refractivity contribution in [2.24, 2.45) is 10.2 Å². The van der Waals surface area contributed by atoms with Crippen LogP contribution in [-0.4, -0.2) is 29.7 Å². The fraction of sp³-hybridized carbons (Fsp3) is 0.250. The lowest BCUT2D eigenvalue weighted by atomic mass is 10.1. The van der Waals surface area contributed by atoms with E-state index < -0.39 is 6.67 Å². The number of nitrogens with zero attached hydrogens (tertiary/aromatic N) is 2. The second kappa shape index (κ2) is 6.30. The predicted octanol–water partition coefficient (Wildman–Crippen LogP) is 1.75. The molecule has 0 spiro atoms. The van der Waals surface area contributed by atoms with Crippen LogP contribution in [0.3, 0.4) is 0 Å². The Labute approximate surface area is 108 Å². The molecular formula is C12H12FN3OS. The second-order valence-electron chi connectivity index (χ2n) is 3.62. The lowest BCUT2D eigenvalue weighted by Crippen LogP contribution is -2.19. The Kier molecular flexibility index (Phi) is 4.46. The smallest absolute Gasteiger partial charge is 0.236 e. The van der Waals surface area contributed by atoms with Gasteiger partial charge in [0, 0.05) is 6.42 Å². The van der Waals surface area contributed by atoms with E-state index >= 15 is 0 Å². The van der Waals surface area contributed by atoms with Gasteiger partial charge in [-0.3, -0.25) is 9.18 Å². The molecule has 1 aromatic rings. The lowest BCUT2D eigenvalue weighted by molar-refractivity contribution is -0.116. The van der Waals surface area contributed by atoms with Crippen LogP contribution in [-0.2, 0) is 11.2 Å². The quantitative estimate of drug-likeness (QED) is 0.666. The van der Waals surface area contributed by atoms with Crippen LogP contribution >= 0.6 is 11.8 Å². The molecule has 1 amide bonds. The molecule has 2 rings (SSSR count). The van der Waals surface area contributed by atoms with E-state index in [0.29, 0.717) is 17.3 Å². The number of alkyl halides is 1. The summed E-state index contributed by atoms with van der Waals surface area (Å²) in [5.41, 5.74) is 1.74. The lowest BCUT2D eigenvalue weighted by Gasteiger charge is -2.01. The Balaban J connectivity index is 2.07. The number of halogens is 1. The van der Waals surface area contributed by atoms with Crippen molar-refractivity contribution in [3.63, 3.8) is 0 Å². The Bertz CT molecular complexity index is 502. The summed E-state index contributed by atoms with van der Waals surface area (Å²) in [6, 6.07) is 7.44. The molecule has 1 heterocycles. The van der Waals surface area contributed by atoms with E-state index in [1.165, 1.54) is 11.8 Å². The summed E-state index contributed by atoms with van der Waals surface area (Å²) >= 11 is 1.32. The van der Waals surface area contributed by atoms with Gasteiger partial charge in [0.05, 0.1) is 18.6 Å². The van der Waals surface area contributed by atoms with Gasteiger partial charge in [-0.25, -0.2) is 0 Å². The van der Waals surface area contributed by atoms with Crippen LogP contribution in [0.5, 0.6) is 0 Å². The molecule has 1 N–H and O–H groups in total. The van der Waals surface area contributed by atoms with Crippen LogP contribution in [0.25, 0.3) is 0 Å². The maximum atomic E-state index is 12.3. The highest BCUT2D eigenvalue weighted by molar-refractivity contribution is 8.15. The van der Waals surface area contributed by atoms with Crippen molar-refractivity contribution in [1.29, 1.82) is 0 Å². The number of hydrogen-bond donors (Lipinski definition) is 1. The molecule has 0 aliphatic carbocycles. The van der Waals surface area contributed by atoms with Crippen LogP contribution in [0.15, 0.2) is 34.5 Å². The summed E-state index contributed by atoms with van der Waals surface area (Å²) < 4.78 is 12.3. The van der Waals surface area contributed by atoms with E-state index in [-0.39, 0.29) is 5.91 Å². The molecule has 18 heavy (non-hydrogen) atoms. The fourth-order valence-electron chi connectivity index (χ4n) is 1.51. The highest BCUT2D eigenvalue weighted by Gasteiger charge is 2.15. The number of carbonyl (C=O) groups excluding carboxylic acids is 1. The molecule has 1 saturated heterocycles. The van der Waals surface area contributed by atoms with Crippen LogP contribution in [0, 0.1) is 0 Å². The summed E-state index contributed by atoms with van der Waals surface area (Å²) in [7, 11) is 0. The number of hydrogen-bond acceptors (Lipinski definition) is 4. The first-order chi connectivity index (χ1) is 8.79. The van der Waals surface area contributed by atoms with Gasteiger partial charge >= 0.3 is 0 Å². The van der Waals surface area contributed by atoms with Crippen molar-refractivity contribution < 1.29 is 9.18 Å². The van der Waals surface area contributed by atoms with Gasteiger partial charge in [-0.2, -0.15) is 5.10 Å². The number of rotatable bonds is 4. The maximum Gasteiger partial charge on any atom is 0.236 e. The van der Waals surface area contributed by atoms with Crippen LogP contribution < -0.4 is 5.32 Å². The Morgan fingerprint density at radius 1 is 1.44 bits per heavy atom. The average molecular weight is 265 g/mol. The number of amides is 1. The largest absolute Gasteiger partial charge is 0.303 e. The van der Waals surface area contributed by atoms with Gasteiger partial charge in [0.2, 0.25) is 5.91 Å². The number of carbonyl (C=O) groups is 1. The Morgan fingerprint density at radius 2 is 2.28 bits per heavy atom. The van der Waals surface area contributed by atoms with Crippen molar-refractivity contribution in [3.8, 4) is 0 Å². The van der Waals surface area contributed by atoms with Gasteiger partial charge in [0.1, 0.15) is 0 Å². The highest BCUT2D eigenvalue weighted by atomic mass is 32.2. The molecule has 0 radical (unpaired) electrons. The van der Waals surface area contributed by atoms with Gasteiger partial charge in [-0.1, -0.05) is 36.0 Å². The number of nitrogens with one attached hydrogen (secondary N) is 1. The number of aryl methyl sites for hydroxylation is 1. The normalized spacial score (nSPS) is 17.6. The summed E-state index contributed by atoms with van der Waals surface area (Å²) in [6.45, 7) is -0.398. The minimum absolute atomic E-state index is 0.0632. The zero-order valence-electron chi connectivity index (χ0n) is 9.60. The molecular weight excluding hydrogens is 253 g/mol. The van der Waals surface area contributed by atoms with Crippen molar-refractivity contribution in [3.05, 3.63) is 35.4 Å². The third kappa shape index (κ3) is 3.40. The summed E-state index contributed by atoms with van der Waals surface area (Å²) in [5, 5.41) is 10.9. The van der Waals surface area contributed by atoms with E-state index in [4.69, 9.17) is 0 Å². The minimum atomic E-state index is -0.398. The molecule has 94 valence electrons. The molecule has 1 aliphatic heterocycles. The number of thioether (sulfide) groups is 1. The van der Waals surface area contributed by atoms with Gasteiger partial charge in [-0.05, 0) is 11.1 Å². The molecule has 6 heteroatoms. The van der Waals surface area contributed by atoms with E-state index in [9.17, 15) is 9.18 Å². The van der Waals surface area contributed by atoms with Crippen LogP contribution in [0.1, 0.15) is 11.1 Å². The first-order valence-electron chi connectivity index (χ1n) is 5.47. The van der Waals surface area contributed by atoms with E-state index in [0.717, 1.165) is 11.1 Å². The van der Waals surface area contributed by atoms with Crippen molar-refractivity contribution >= 4 is 29.1 Å². The third-order valence-corrected chi connectivity index (χ3v) is 3.21. The maximum absolute atomic E-state index is 12.3. The molecule has 0 aromatic heterocycles. The minimum Gasteiger partial charge on any atom is -0.303 e. The van der Waals surface area contributed by atoms with E-state index in [1.807, 2.05) is 24.3 Å². The fourth-order valence-corrected chi connectivity index (χ4v) is 2.14. The number of benzene rings is 1. The standard InChI is InChI=1S/C12H12FN3OS/c13-6-5-9-3-1-2-4-10(9)7-14-16-12-15-11(17)8-18-12/h1-4,7H,5-6,8H2,(H,15,16,17). The predicted molar refractivity (Wildman–Crippen MR) is 71.8 cm³/mol. The molecule has 0 saturated carbocycles. The number of amidine groups is 1. The van der Waals surface area contributed by atoms with Crippen molar-refractivity contribution in [1.82, 2.24) is 5.32 Å². The topological polar surface area (TPSA) is 53.8 Å². The molecule has 0 atom stereocenters.